The Balaban J connectivity index is 0.00000192. The van der Waals surface area contributed by atoms with E-state index in [1.807, 2.05) is 0 Å². The van der Waals surface area contributed by atoms with E-state index in [9.17, 15) is 14.3 Å². The molecule has 2 aromatic heterocycles. The number of nitrogens with two attached hydrogens (primary N) is 1. The van der Waals surface area contributed by atoms with Crippen LogP contribution in [-0.2, 0) is 6.42 Å². The van der Waals surface area contributed by atoms with Crippen molar-refractivity contribution in [2.45, 2.75) is 13.3 Å². The maximum atomic E-state index is 14.6. The first kappa shape index (κ1) is 17.0. The van der Waals surface area contributed by atoms with Gasteiger partial charge in [-0.05, 0) is 29.7 Å². The molecule has 113 valence electrons. The number of aromatic carboxylic acids is 1. The number of carboxylic acids is 1. The van der Waals surface area contributed by atoms with E-state index in [2.05, 4.69) is 10.1 Å². The zero-order chi connectivity index (χ0) is 15.9. The molecule has 0 saturated heterocycles. The number of anilines is 1. The molecule has 1 radical (unpaired) electrons. The Morgan fingerprint density at radius 2 is 2.13 bits per heavy atom. The molecule has 1 aromatic carbocycles. The summed E-state index contributed by atoms with van der Waals surface area (Å²) in [5.74, 6) is -1.90. The Hall–Kier alpha value is -2.36. The van der Waals surface area contributed by atoms with Crippen molar-refractivity contribution >= 4 is 36.4 Å². The second-order valence-corrected chi connectivity index (χ2v) is 4.81. The average Bonchev–Trinajstić information content (AvgIpc) is 2.85. The molecule has 0 amide bonds. The molecule has 0 unspecified atom stereocenters. The van der Waals surface area contributed by atoms with Crippen molar-refractivity contribution in [3.63, 3.8) is 0 Å². The molecule has 3 aromatic rings. The van der Waals surface area contributed by atoms with Crippen LogP contribution in [0.25, 0.3) is 16.8 Å². The quantitative estimate of drug-likeness (QED) is 0.722. The van der Waals surface area contributed by atoms with Gasteiger partial charge in [-0.3, -0.25) is 0 Å². The number of nitrogens with zero attached hydrogens (tertiary/aromatic N) is 3. The summed E-state index contributed by atoms with van der Waals surface area (Å²) in [5.41, 5.74) is 6.87. The molecular formula is C15H13FLiN4O2. The minimum atomic E-state index is -1.27. The van der Waals surface area contributed by atoms with Crippen LogP contribution in [0.3, 0.4) is 0 Å². The van der Waals surface area contributed by atoms with Crippen molar-refractivity contribution in [1.82, 2.24) is 14.6 Å². The van der Waals surface area contributed by atoms with Crippen LogP contribution in [0.4, 0.5) is 10.3 Å². The van der Waals surface area contributed by atoms with Crippen molar-refractivity contribution in [2.24, 2.45) is 0 Å². The van der Waals surface area contributed by atoms with E-state index in [4.69, 9.17) is 5.73 Å². The zero-order valence-electron chi connectivity index (χ0n) is 12.7. The number of rotatable bonds is 3. The number of hydrogen-bond acceptors (Lipinski definition) is 4. The second kappa shape index (κ2) is 6.40. The van der Waals surface area contributed by atoms with E-state index < -0.39 is 11.8 Å². The summed E-state index contributed by atoms with van der Waals surface area (Å²) in [7, 11) is 0. The largest absolute Gasteiger partial charge is 0.478 e. The fraction of sp³-hybridized carbons (Fsp3) is 0.133. The Bertz CT molecular complexity index is 895. The number of carbonyl (C=O) groups is 1. The van der Waals surface area contributed by atoms with Gasteiger partial charge in [0, 0.05) is 30.6 Å². The SMILES string of the molecule is CCc1ccc(-c2ccn3nc(N)nc3c2)c(F)c1C(=O)O.[Li]. The number of halogens is 1. The molecular weight excluding hydrogens is 294 g/mol. The number of carboxylic acid groups (broad SMARTS) is 1. The van der Waals surface area contributed by atoms with Gasteiger partial charge in [0.2, 0.25) is 5.95 Å². The van der Waals surface area contributed by atoms with Crippen LogP contribution >= 0.6 is 0 Å². The molecule has 0 aliphatic carbocycles. The molecule has 3 N–H and O–H groups in total. The third-order valence-corrected chi connectivity index (χ3v) is 3.49. The number of nitrogen functional groups attached to an aromatic ring is 1. The normalized spacial score (nSPS) is 10.5. The molecule has 0 spiro atoms. The predicted molar refractivity (Wildman–Crippen MR) is 84.9 cm³/mol. The van der Waals surface area contributed by atoms with E-state index in [1.165, 1.54) is 4.52 Å². The Morgan fingerprint density at radius 1 is 1.39 bits per heavy atom. The second-order valence-electron chi connectivity index (χ2n) is 4.81. The topological polar surface area (TPSA) is 93.5 Å². The fourth-order valence-corrected chi connectivity index (χ4v) is 2.43. The average molecular weight is 307 g/mol. The Morgan fingerprint density at radius 3 is 2.78 bits per heavy atom. The van der Waals surface area contributed by atoms with Gasteiger partial charge < -0.3 is 10.8 Å². The van der Waals surface area contributed by atoms with E-state index in [0.29, 0.717) is 23.2 Å². The third-order valence-electron chi connectivity index (χ3n) is 3.49. The van der Waals surface area contributed by atoms with Crippen molar-refractivity contribution in [3.05, 3.63) is 47.4 Å². The van der Waals surface area contributed by atoms with Crippen molar-refractivity contribution in [3.8, 4) is 11.1 Å². The van der Waals surface area contributed by atoms with Gasteiger partial charge in [-0.25, -0.2) is 13.7 Å². The molecule has 0 fully saturated rings. The monoisotopic (exact) mass is 307 g/mol. The van der Waals surface area contributed by atoms with Gasteiger partial charge in [0.15, 0.2) is 5.65 Å². The van der Waals surface area contributed by atoms with Gasteiger partial charge in [-0.2, -0.15) is 4.98 Å². The van der Waals surface area contributed by atoms with Gasteiger partial charge in [0.05, 0.1) is 5.56 Å². The number of aromatic nitrogens is 3. The molecule has 0 aliphatic rings. The molecule has 2 heterocycles. The fourth-order valence-electron chi connectivity index (χ4n) is 2.43. The van der Waals surface area contributed by atoms with Gasteiger partial charge >= 0.3 is 5.97 Å². The third kappa shape index (κ3) is 2.93. The maximum absolute atomic E-state index is 14.6. The predicted octanol–water partition coefficient (Wildman–Crippen LogP) is 2.00. The number of pyridine rings is 1. The molecule has 3 rings (SSSR count). The number of aryl methyl sites for hydroxylation is 1. The molecule has 0 saturated carbocycles. The zero-order valence-corrected chi connectivity index (χ0v) is 12.7. The van der Waals surface area contributed by atoms with Gasteiger partial charge in [-0.1, -0.05) is 19.1 Å². The van der Waals surface area contributed by atoms with Crippen LogP contribution < -0.4 is 5.73 Å². The smallest absolute Gasteiger partial charge is 0.338 e. The Kier molecular flexibility index (Phi) is 4.73. The van der Waals surface area contributed by atoms with Gasteiger partial charge in [-0.15, -0.1) is 5.10 Å². The summed E-state index contributed by atoms with van der Waals surface area (Å²) in [5, 5.41) is 13.2. The molecule has 6 nitrogen and oxygen atoms in total. The standard InChI is InChI=1S/C15H13FN4O2.Li/c1-2-8-3-4-10(13(16)12(8)14(21)22)9-5-6-20-11(7-9)18-15(17)19-20;/h3-7H,2H2,1H3,(H2,17,19)(H,21,22);. The van der Waals surface area contributed by atoms with E-state index in [1.54, 1.807) is 37.4 Å². The summed E-state index contributed by atoms with van der Waals surface area (Å²) >= 11 is 0. The van der Waals surface area contributed by atoms with Crippen LogP contribution in [0.1, 0.15) is 22.8 Å². The number of fused-ring (bicyclic) bond motifs is 1. The Labute approximate surface area is 143 Å². The molecule has 0 bridgehead atoms. The molecule has 8 heteroatoms. The molecule has 0 aliphatic heterocycles. The minimum Gasteiger partial charge on any atom is -0.478 e. The summed E-state index contributed by atoms with van der Waals surface area (Å²) in [4.78, 5) is 15.3. The molecule has 0 atom stereocenters. The number of benzene rings is 1. The van der Waals surface area contributed by atoms with Crippen LogP contribution in [0.2, 0.25) is 0 Å². The van der Waals surface area contributed by atoms with Crippen LogP contribution in [-0.4, -0.2) is 44.5 Å². The van der Waals surface area contributed by atoms with Crippen molar-refractivity contribution in [2.75, 3.05) is 5.73 Å². The first-order valence-electron chi connectivity index (χ1n) is 6.68. The van der Waals surface area contributed by atoms with E-state index in [-0.39, 0.29) is 35.9 Å². The van der Waals surface area contributed by atoms with E-state index in [0.717, 1.165) is 0 Å². The van der Waals surface area contributed by atoms with Gasteiger partial charge in [0.25, 0.3) is 0 Å². The van der Waals surface area contributed by atoms with Gasteiger partial charge in [0.1, 0.15) is 5.82 Å². The van der Waals surface area contributed by atoms with Crippen molar-refractivity contribution < 1.29 is 14.3 Å². The minimum absolute atomic E-state index is 0. The summed E-state index contributed by atoms with van der Waals surface area (Å²) < 4.78 is 16.1. The van der Waals surface area contributed by atoms with Crippen molar-refractivity contribution in [1.29, 1.82) is 0 Å². The summed E-state index contributed by atoms with van der Waals surface area (Å²) in [6.07, 6.45) is 2.04. The number of hydrogen-bond donors (Lipinski definition) is 2. The summed E-state index contributed by atoms with van der Waals surface area (Å²) in [6, 6.07) is 6.45. The summed E-state index contributed by atoms with van der Waals surface area (Å²) in [6.45, 7) is 1.78. The van der Waals surface area contributed by atoms with E-state index >= 15 is 0 Å². The van der Waals surface area contributed by atoms with Crippen LogP contribution in [0, 0.1) is 5.82 Å². The van der Waals surface area contributed by atoms with Crippen LogP contribution in [0.5, 0.6) is 0 Å². The maximum Gasteiger partial charge on any atom is 0.338 e. The first-order chi connectivity index (χ1) is 10.5. The molecule has 23 heavy (non-hydrogen) atoms. The first-order valence-corrected chi connectivity index (χ1v) is 6.68. The van der Waals surface area contributed by atoms with Crippen LogP contribution in [0.15, 0.2) is 30.5 Å².